The molecule has 0 aromatic carbocycles. The molecule has 1 atom stereocenters. The second kappa shape index (κ2) is 4.28. The highest BCUT2D eigenvalue weighted by Gasteiger charge is 2.35. The highest BCUT2D eigenvalue weighted by Crippen LogP contribution is 2.32. The standard InChI is InChI=1S/C10H16N2O3/c1-11-8(7-2-3-7)4-12-9(13)5-15-6-10(12)14/h7-8,11H,2-6H2,1H3. The predicted octanol–water partition coefficient (Wildman–Crippen LogP) is -0.630. The minimum atomic E-state index is -0.216. The van der Waals surface area contributed by atoms with Gasteiger partial charge in [-0.25, -0.2) is 0 Å². The normalized spacial score (nSPS) is 24.5. The molecule has 1 aliphatic carbocycles. The van der Waals surface area contributed by atoms with Gasteiger partial charge in [0, 0.05) is 12.6 Å². The van der Waals surface area contributed by atoms with Gasteiger partial charge < -0.3 is 10.1 Å². The summed E-state index contributed by atoms with van der Waals surface area (Å²) in [5.41, 5.74) is 0. The Hall–Kier alpha value is -0.940. The van der Waals surface area contributed by atoms with Gasteiger partial charge in [-0.2, -0.15) is 0 Å². The zero-order valence-electron chi connectivity index (χ0n) is 8.86. The molecule has 0 radical (unpaired) electrons. The van der Waals surface area contributed by atoms with Crippen LogP contribution in [0.5, 0.6) is 0 Å². The van der Waals surface area contributed by atoms with Crippen LogP contribution in [0.25, 0.3) is 0 Å². The number of amides is 2. The number of ether oxygens (including phenoxy) is 1. The van der Waals surface area contributed by atoms with Crippen LogP contribution in [0.2, 0.25) is 0 Å². The molecule has 0 spiro atoms. The quantitative estimate of drug-likeness (QED) is 0.630. The SMILES string of the molecule is CNC(CN1C(=O)COCC1=O)C1CC1. The van der Waals surface area contributed by atoms with Gasteiger partial charge in [-0.05, 0) is 25.8 Å². The van der Waals surface area contributed by atoms with Gasteiger partial charge in [0.05, 0.1) is 0 Å². The Morgan fingerprint density at radius 2 is 2.00 bits per heavy atom. The summed E-state index contributed by atoms with van der Waals surface area (Å²) in [4.78, 5) is 24.2. The van der Waals surface area contributed by atoms with Gasteiger partial charge in [0.15, 0.2) is 0 Å². The molecule has 2 rings (SSSR count). The number of nitrogens with zero attached hydrogens (tertiary/aromatic N) is 1. The molecule has 2 aliphatic rings. The fourth-order valence-corrected chi connectivity index (χ4v) is 1.90. The topological polar surface area (TPSA) is 58.6 Å². The van der Waals surface area contributed by atoms with E-state index < -0.39 is 0 Å². The van der Waals surface area contributed by atoms with E-state index in [-0.39, 0.29) is 31.1 Å². The molecule has 5 nitrogen and oxygen atoms in total. The van der Waals surface area contributed by atoms with E-state index in [0.29, 0.717) is 12.5 Å². The van der Waals surface area contributed by atoms with E-state index in [1.165, 1.54) is 17.7 Å². The average molecular weight is 212 g/mol. The average Bonchev–Trinajstić information content (AvgIpc) is 3.01. The smallest absolute Gasteiger partial charge is 0.255 e. The van der Waals surface area contributed by atoms with Crippen molar-refractivity contribution in [2.45, 2.75) is 18.9 Å². The van der Waals surface area contributed by atoms with Crippen molar-refractivity contribution in [3.05, 3.63) is 0 Å². The second-order valence-corrected chi connectivity index (χ2v) is 4.12. The Balaban J connectivity index is 1.95. The fourth-order valence-electron chi connectivity index (χ4n) is 1.90. The summed E-state index contributed by atoms with van der Waals surface area (Å²) in [6.45, 7) is 0.557. The maximum atomic E-state index is 11.5. The maximum Gasteiger partial charge on any atom is 0.255 e. The molecule has 0 aromatic rings. The third-order valence-corrected chi connectivity index (χ3v) is 2.99. The molecular weight excluding hydrogens is 196 g/mol. The monoisotopic (exact) mass is 212 g/mol. The summed E-state index contributed by atoms with van der Waals surface area (Å²) in [6, 6.07) is 0.246. The van der Waals surface area contributed by atoms with Gasteiger partial charge in [0.25, 0.3) is 11.8 Å². The van der Waals surface area contributed by atoms with E-state index in [9.17, 15) is 9.59 Å². The molecule has 5 heteroatoms. The van der Waals surface area contributed by atoms with E-state index in [0.717, 1.165) is 0 Å². The van der Waals surface area contributed by atoms with E-state index in [2.05, 4.69) is 5.32 Å². The lowest BCUT2D eigenvalue weighted by molar-refractivity contribution is -0.158. The summed E-state index contributed by atoms with van der Waals surface area (Å²) >= 11 is 0. The molecule has 1 saturated carbocycles. The molecule has 1 heterocycles. The number of morpholine rings is 1. The summed E-state index contributed by atoms with van der Waals surface area (Å²) < 4.78 is 4.85. The summed E-state index contributed by atoms with van der Waals surface area (Å²) in [5, 5.41) is 3.17. The van der Waals surface area contributed by atoms with E-state index >= 15 is 0 Å². The Morgan fingerprint density at radius 1 is 1.40 bits per heavy atom. The van der Waals surface area contributed by atoms with E-state index in [1.807, 2.05) is 7.05 Å². The third kappa shape index (κ3) is 2.35. The first-order valence-corrected chi connectivity index (χ1v) is 5.30. The molecule has 0 aromatic heterocycles. The lowest BCUT2D eigenvalue weighted by Crippen LogP contribution is -2.51. The first-order valence-electron chi connectivity index (χ1n) is 5.30. The lowest BCUT2D eigenvalue weighted by atomic mass is 10.1. The molecule has 1 saturated heterocycles. The van der Waals surface area contributed by atoms with Crippen LogP contribution in [0.3, 0.4) is 0 Å². The van der Waals surface area contributed by atoms with Crippen LogP contribution < -0.4 is 5.32 Å². The van der Waals surface area contributed by atoms with Crippen molar-refractivity contribution in [1.29, 1.82) is 0 Å². The van der Waals surface area contributed by atoms with Crippen LogP contribution in [-0.4, -0.2) is 49.6 Å². The lowest BCUT2D eigenvalue weighted by Gasteiger charge is -2.28. The van der Waals surface area contributed by atoms with Crippen molar-refractivity contribution in [3.8, 4) is 0 Å². The molecule has 15 heavy (non-hydrogen) atoms. The van der Waals surface area contributed by atoms with Crippen molar-refractivity contribution in [1.82, 2.24) is 10.2 Å². The molecule has 2 fully saturated rings. The summed E-state index contributed by atoms with van der Waals surface area (Å²) in [7, 11) is 1.87. The van der Waals surface area contributed by atoms with Crippen molar-refractivity contribution in [2.24, 2.45) is 5.92 Å². The Kier molecular flexibility index (Phi) is 3.02. The molecule has 1 aliphatic heterocycles. The maximum absolute atomic E-state index is 11.5. The van der Waals surface area contributed by atoms with Crippen LogP contribution in [-0.2, 0) is 14.3 Å². The van der Waals surface area contributed by atoms with Gasteiger partial charge >= 0.3 is 0 Å². The van der Waals surface area contributed by atoms with Gasteiger partial charge in [-0.3, -0.25) is 14.5 Å². The number of carbonyl (C=O) groups excluding carboxylic acids is 2. The summed E-state index contributed by atoms with van der Waals surface area (Å²) in [5.74, 6) is 0.192. The Labute approximate surface area is 88.8 Å². The predicted molar refractivity (Wildman–Crippen MR) is 53.1 cm³/mol. The largest absolute Gasteiger partial charge is 0.362 e. The first-order chi connectivity index (χ1) is 7.22. The molecular formula is C10H16N2O3. The zero-order chi connectivity index (χ0) is 10.8. The number of carbonyl (C=O) groups is 2. The molecule has 1 unspecified atom stereocenters. The fraction of sp³-hybridized carbons (Fsp3) is 0.800. The minimum Gasteiger partial charge on any atom is -0.362 e. The number of hydrogen-bond donors (Lipinski definition) is 1. The highest BCUT2D eigenvalue weighted by molar-refractivity contribution is 5.98. The van der Waals surface area contributed by atoms with Crippen molar-refractivity contribution >= 4 is 11.8 Å². The van der Waals surface area contributed by atoms with Crippen molar-refractivity contribution in [2.75, 3.05) is 26.8 Å². The van der Waals surface area contributed by atoms with Gasteiger partial charge in [-0.1, -0.05) is 0 Å². The highest BCUT2D eigenvalue weighted by atomic mass is 16.5. The third-order valence-electron chi connectivity index (χ3n) is 2.99. The van der Waals surface area contributed by atoms with Gasteiger partial charge in [-0.15, -0.1) is 0 Å². The number of hydrogen-bond acceptors (Lipinski definition) is 4. The van der Waals surface area contributed by atoms with E-state index in [1.54, 1.807) is 0 Å². The number of rotatable bonds is 4. The zero-order valence-corrected chi connectivity index (χ0v) is 8.86. The minimum absolute atomic E-state index is 0.0346. The number of likely N-dealkylation sites (N-methyl/N-ethyl adjacent to an activating group) is 1. The molecule has 1 N–H and O–H groups in total. The van der Waals surface area contributed by atoms with Gasteiger partial charge in [0.2, 0.25) is 0 Å². The molecule has 2 amide bonds. The van der Waals surface area contributed by atoms with E-state index in [4.69, 9.17) is 4.74 Å². The first kappa shape index (κ1) is 10.6. The second-order valence-electron chi connectivity index (χ2n) is 4.12. The number of nitrogens with one attached hydrogen (secondary N) is 1. The molecule has 0 bridgehead atoms. The molecule has 84 valence electrons. The number of imide groups is 1. The van der Waals surface area contributed by atoms with Crippen molar-refractivity contribution in [3.63, 3.8) is 0 Å². The van der Waals surface area contributed by atoms with Crippen LogP contribution in [0.1, 0.15) is 12.8 Å². The summed E-state index contributed by atoms with van der Waals surface area (Å²) in [6.07, 6.45) is 2.39. The van der Waals surface area contributed by atoms with Crippen LogP contribution >= 0.6 is 0 Å². The Bertz CT molecular complexity index is 260. The Morgan fingerprint density at radius 3 is 2.47 bits per heavy atom. The van der Waals surface area contributed by atoms with Gasteiger partial charge in [0.1, 0.15) is 13.2 Å². The van der Waals surface area contributed by atoms with Crippen molar-refractivity contribution < 1.29 is 14.3 Å². The van der Waals surface area contributed by atoms with Crippen LogP contribution in [0, 0.1) is 5.92 Å². The van der Waals surface area contributed by atoms with Crippen LogP contribution in [0.15, 0.2) is 0 Å². The van der Waals surface area contributed by atoms with Crippen LogP contribution in [0.4, 0.5) is 0 Å².